The van der Waals surface area contributed by atoms with Crippen molar-refractivity contribution in [1.29, 1.82) is 0 Å². The van der Waals surface area contributed by atoms with Gasteiger partial charge in [0.15, 0.2) is 0 Å². The smallest absolute Gasteiger partial charge is 0.0356 e. The topological polar surface area (TPSA) is 0 Å². The van der Waals surface area contributed by atoms with Crippen molar-refractivity contribution >= 4 is 0 Å². The van der Waals surface area contributed by atoms with Crippen LogP contribution in [0.3, 0.4) is 0 Å². The van der Waals surface area contributed by atoms with Crippen LogP contribution in [-0.2, 0) is 0 Å². The van der Waals surface area contributed by atoms with Crippen LogP contribution in [0.15, 0.2) is 66.9 Å². The third-order valence-electron chi connectivity index (χ3n) is 24.9. The Hall–Kier alpha value is -1.56. The molecule has 0 spiro atoms. The standard InChI is InChI=1S/C24H42.C22H28.C16H30.2CH4/c1-10-12(3)19-16(7)17(8)20-13(4)11(2)15(6)22-18(9)21(14(10)5)23(19)24(20)22;1-10-13(4)19-15(6)11(2)17(8)21-18(9)12(3)16(7)20(14(10)5)22(19)21;1-8-9(2)12(5)16-14(7)10(3)13(6)15(16)11(8)4;;/h10-24H,1-9H3;22H,1-9H3;8-16H,1-7H3;2*1H4. The molecule has 0 radical (unpaired) electrons. The first-order valence-corrected chi connectivity index (χ1v) is 26.9. The minimum atomic E-state index is 0. The Morgan fingerprint density at radius 3 is 0.547 bits per heavy atom. The van der Waals surface area contributed by atoms with E-state index in [-0.39, 0.29) is 14.9 Å². The van der Waals surface area contributed by atoms with Crippen LogP contribution in [0.5, 0.6) is 0 Å². The van der Waals surface area contributed by atoms with Crippen molar-refractivity contribution in [2.75, 3.05) is 0 Å². The molecule has 0 N–H and O–H groups in total. The summed E-state index contributed by atoms with van der Waals surface area (Å²) in [7, 11) is 0. The van der Waals surface area contributed by atoms with Gasteiger partial charge in [-0.05, 0) is 271 Å². The largest absolute Gasteiger partial charge is 0.0776 e. The molecule has 9 aliphatic rings. The maximum atomic E-state index is 2.66. The zero-order valence-electron chi connectivity index (χ0n) is 45.4. The highest BCUT2D eigenvalue weighted by Gasteiger charge is 2.67. The highest BCUT2D eigenvalue weighted by Crippen LogP contribution is 2.72. The van der Waals surface area contributed by atoms with Crippen LogP contribution in [0.1, 0.15) is 188 Å². The second kappa shape index (κ2) is 18.7. The number of allylic oxidation sites excluding steroid dienone is 12. The molecule has 0 amide bonds. The summed E-state index contributed by atoms with van der Waals surface area (Å²) >= 11 is 0. The maximum absolute atomic E-state index is 2.66. The monoisotopic (exact) mass is 877 g/mol. The molecule has 64 heavy (non-hydrogen) atoms. The first-order valence-electron chi connectivity index (χ1n) is 26.9. The van der Waals surface area contributed by atoms with E-state index in [9.17, 15) is 0 Å². The molecule has 22 atom stereocenters. The molecule has 0 aromatic carbocycles. The highest BCUT2D eigenvalue weighted by atomic mass is 14.7. The summed E-state index contributed by atoms with van der Waals surface area (Å²) in [6, 6.07) is 0. The van der Waals surface area contributed by atoms with E-state index in [1.54, 1.807) is 16.7 Å². The van der Waals surface area contributed by atoms with Gasteiger partial charge in [0.25, 0.3) is 0 Å². The number of rotatable bonds is 0. The van der Waals surface area contributed by atoms with Crippen molar-refractivity contribution in [2.24, 2.45) is 148 Å². The molecule has 22 unspecified atom stereocenters. The summed E-state index contributed by atoms with van der Waals surface area (Å²) in [4.78, 5) is 0. The van der Waals surface area contributed by atoms with Crippen LogP contribution in [0.2, 0.25) is 0 Å². The van der Waals surface area contributed by atoms with Crippen molar-refractivity contribution in [3.05, 3.63) is 66.9 Å². The van der Waals surface area contributed by atoms with Gasteiger partial charge in [0.05, 0.1) is 0 Å². The lowest BCUT2D eigenvalue weighted by Gasteiger charge is -2.61. The first kappa shape index (κ1) is 53.4. The van der Waals surface area contributed by atoms with Crippen LogP contribution in [0, 0.1) is 148 Å². The quantitative estimate of drug-likeness (QED) is 0.227. The molecule has 0 nitrogen and oxygen atoms in total. The van der Waals surface area contributed by atoms with Gasteiger partial charge in [-0.2, -0.15) is 0 Å². The molecule has 9 rings (SSSR count). The SMILES string of the molecule is C.C.CC1=C(C)C2=C(C)C(C)=C(C)C3=C(C)C(C)=C(C)C(=C1C)C23.CC1C(C)C(C)C2C(C)C(C)C(C)C2C1C.CC1C(C)C2C(C)C(C)C3C(C)C(C)C(C)C4C(C)C(C1C)C2C34. The first-order chi connectivity index (χ1) is 28.8. The Morgan fingerprint density at radius 1 is 0.172 bits per heavy atom. The molecule has 0 aromatic rings. The highest BCUT2D eigenvalue weighted by molar-refractivity contribution is 5.73. The zero-order chi connectivity index (χ0) is 46.4. The minimum absolute atomic E-state index is 0. The Bertz CT molecular complexity index is 1790. The fourth-order valence-corrected chi connectivity index (χ4v) is 19.4. The van der Waals surface area contributed by atoms with Gasteiger partial charge < -0.3 is 0 Å². The molecule has 0 heteroatoms. The van der Waals surface area contributed by atoms with Gasteiger partial charge in [0, 0.05) is 5.92 Å². The van der Waals surface area contributed by atoms with E-state index in [2.05, 4.69) is 173 Å². The lowest BCUT2D eigenvalue weighted by molar-refractivity contribution is -0.138. The van der Waals surface area contributed by atoms with Gasteiger partial charge in [-0.25, -0.2) is 0 Å². The van der Waals surface area contributed by atoms with E-state index in [0.717, 1.165) is 142 Å². The van der Waals surface area contributed by atoms with Crippen molar-refractivity contribution < 1.29 is 0 Å². The Balaban J connectivity index is 0.000000181. The summed E-state index contributed by atoms with van der Waals surface area (Å²) in [5.74, 6) is 23.4. The fraction of sp³-hybridized carbons (Fsp3) is 0.812. The lowest BCUT2D eigenvalue weighted by Crippen LogP contribution is -2.57. The predicted octanol–water partition coefficient (Wildman–Crippen LogP) is 19.0. The van der Waals surface area contributed by atoms with Gasteiger partial charge in [-0.3, -0.25) is 0 Å². The molecular weight excluding hydrogens is 769 g/mol. The van der Waals surface area contributed by atoms with Crippen molar-refractivity contribution in [3.63, 3.8) is 0 Å². The average molecular weight is 878 g/mol. The Kier molecular flexibility index (Phi) is 15.6. The van der Waals surface area contributed by atoms with Crippen LogP contribution in [0.4, 0.5) is 0 Å². The van der Waals surface area contributed by atoms with Gasteiger partial charge in [-0.1, -0.05) is 126 Å². The summed E-state index contributed by atoms with van der Waals surface area (Å²) < 4.78 is 0. The summed E-state index contributed by atoms with van der Waals surface area (Å²) in [6.45, 7) is 61.9. The normalized spacial score (nSPS) is 49.3. The molecule has 6 fully saturated rings. The van der Waals surface area contributed by atoms with E-state index in [4.69, 9.17) is 0 Å². The average Bonchev–Trinajstić information content (AvgIpc) is 3.65. The molecule has 0 bridgehead atoms. The predicted molar refractivity (Wildman–Crippen MR) is 285 cm³/mol. The molecule has 364 valence electrons. The summed E-state index contributed by atoms with van der Waals surface area (Å²) in [6.07, 6.45) is 0. The molecule has 6 saturated carbocycles. The summed E-state index contributed by atoms with van der Waals surface area (Å²) in [5, 5.41) is 0. The molecule has 0 saturated heterocycles. The van der Waals surface area contributed by atoms with E-state index >= 15 is 0 Å². The van der Waals surface area contributed by atoms with Crippen LogP contribution >= 0.6 is 0 Å². The van der Waals surface area contributed by atoms with E-state index in [0.29, 0.717) is 5.92 Å². The Morgan fingerprint density at radius 2 is 0.328 bits per heavy atom. The maximum Gasteiger partial charge on any atom is 0.0356 e. The van der Waals surface area contributed by atoms with E-state index < -0.39 is 0 Å². The Labute approximate surface area is 401 Å². The minimum Gasteiger partial charge on any atom is -0.0776 e. The third-order valence-corrected chi connectivity index (χ3v) is 24.9. The number of hydrogen-bond donors (Lipinski definition) is 0. The van der Waals surface area contributed by atoms with Gasteiger partial charge in [0.2, 0.25) is 0 Å². The molecule has 0 aliphatic heterocycles. The van der Waals surface area contributed by atoms with Gasteiger partial charge >= 0.3 is 0 Å². The van der Waals surface area contributed by atoms with Crippen LogP contribution in [-0.4, -0.2) is 0 Å². The zero-order valence-corrected chi connectivity index (χ0v) is 45.4. The second-order valence-electron chi connectivity index (χ2n) is 25.7. The van der Waals surface area contributed by atoms with Gasteiger partial charge in [-0.15, -0.1) is 0 Å². The number of fused-ring (bicyclic) bond motifs is 1. The lowest BCUT2D eigenvalue weighted by atomic mass is 9.44. The molecule has 0 aromatic heterocycles. The van der Waals surface area contributed by atoms with Gasteiger partial charge in [0.1, 0.15) is 0 Å². The van der Waals surface area contributed by atoms with Crippen molar-refractivity contribution in [1.82, 2.24) is 0 Å². The fourth-order valence-electron chi connectivity index (χ4n) is 19.4. The van der Waals surface area contributed by atoms with Crippen LogP contribution in [0.25, 0.3) is 0 Å². The van der Waals surface area contributed by atoms with E-state index in [1.807, 2.05) is 0 Å². The summed E-state index contributed by atoms with van der Waals surface area (Å²) in [5.41, 5.74) is 18.1. The molecular formula is C64H108. The van der Waals surface area contributed by atoms with E-state index in [1.165, 1.54) is 50.2 Å². The molecule has 9 aliphatic carbocycles. The van der Waals surface area contributed by atoms with Crippen molar-refractivity contribution in [3.8, 4) is 0 Å². The van der Waals surface area contributed by atoms with Crippen LogP contribution < -0.4 is 0 Å². The number of hydrogen-bond acceptors (Lipinski definition) is 0. The third kappa shape index (κ3) is 7.35. The molecule has 0 heterocycles. The second-order valence-corrected chi connectivity index (χ2v) is 25.7. The van der Waals surface area contributed by atoms with Crippen molar-refractivity contribution in [2.45, 2.75) is 188 Å².